The van der Waals surface area contributed by atoms with Crippen LogP contribution >= 0.6 is 0 Å². The van der Waals surface area contributed by atoms with Crippen LogP contribution in [-0.4, -0.2) is 16.6 Å². The van der Waals surface area contributed by atoms with Crippen LogP contribution in [0.5, 0.6) is 0 Å². The Kier molecular flexibility index (Phi) is 4.24. The molecular formula is C22H22N2O. The summed E-state index contributed by atoms with van der Waals surface area (Å²) in [5.74, 6) is 0.983. The fourth-order valence-corrected chi connectivity index (χ4v) is 3.60. The van der Waals surface area contributed by atoms with E-state index in [0.717, 1.165) is 41.9 Å². The first kappa shape index (κ1) is 15.9. The molecule has 0 saturated carbocycles. The van der Waals surface area contributed by atoms with Crippen LogP contribution in [0.3, 0.4) is 0 Å². The lowest BCUT2D eigenvalue weighted by atomic mass is 10.00. The highest BCUT2D eigenvalue weighted by Gasteiger charge is 2.21. The van der Waals surface area contributed by atoms with E-state index in [9.17, 15) is 5.11 Å². The number of para-hydroxylation sites is 1. The maximum atomic E-state index is 10.6. The van der Waals surface area contributed by atoms with Crippen LogP contribution in [0.4, 0.5) is 11.5 Å². The van der Waals surface area contributed by atoms with Crippen LogP contribution in [0.2, 0.25) is 0 Å². The van der Waals surface area contributed by atoms with Gasteiger partial charge in [-0.25, -0.2) is 4.98 Å². The number of nitrogens with zero attached hydrogens (tertiary/aromatic N) is 2. The summed E-state index contributed by atoms with van der Waals surface area (Å²) in [6.45, 7) is 3.05. The molecule has 1 aliphatic heterocycles. The van der Waals surface area contributed by atoms with Crippen molar-refractivity contribution < 1.29 is 5.11 Å². The van der Waals surface area contributed by atoms with Crippen molar-refractivity contribution in [3.63, 3.8) is 0 Å². The van der Waals surface area contributed by atoms with Crippen LogP contribution < -0.4 is 4.90 Å². The normalized spacial score (nSPS) is 14.9. The molecule has 0 fully saturated rings. The molecule has 3 nitrogen and oxygen atoms in total. The van der Waals surface area contributed by atoms with Crippen molar-refractivity contribution in [2.24, 2.45) is 0 Å². The minimum absolute atomic E-state index is 0.643. The molecule has 3 aromatic rings. The smallest absolute Gasteiger partial charge is 0.135 e. The fourth-order valence-electron chi connectivity index (χ4n) is 3.60. The fraction of sp³-hybridized carbons (Fsp3) is 0.227. The Hall–Kier alpha value is -2.65. The number of hydrogen-bond acceptors (Lipinski definition) is 3. The molecule has 1 aromatic heterocycles. The summed E-state index contributed by atoms with van der Waals surface area (Å²) in [6.07, 6.45) is 3.41. The lowest BCUT2D eigenvalue weighted by Crippen LogP contribution is -2.26. The van der Waals surface area contributed by atoms with E-state index in [1.54, 1.807) is 6.20 Å². The molecule has 126 valence electrons. The molecule has 0 amide bonds. The van der Waals surface area contributed by atoms with E-state index in [4.69, 9.17) is 4.98 Å². The molecule has 2 aromatic carbocycles. The van der Waals surface area contributed by atoms with Gasteiger partial charge < -0.3 is 10.0 Å². The van der Waals surface area contributed by atoms with E-state index in [1.165, 1.54) is 11.3 Å². The minimum Gasteiger partial charge on any atom is -0.384 e. The third kappa shape index (κ3) is 3.03. The van der Waals surface area contributed by atoms with Crippen LogP contribution in [0.25, 0.3) is 0 Å². The summed E-state index contributed by atoms with van der Waals surface area (Å²) in [7, 11) is 0. The Morgan fingerprint density at radius 2 is 1.76 bits per heavy atom. The Labute approximate surface area is 148 Å². The van der Waals surface area contributed by atoms with Crippen LogP contribution in [0.15, 0.2) is 66.9 Å². The Morgan fingerprint density at radius 1 is 1.00 bits per heavy atom. The van der Waals surface area contributed by atoms with Crippen LogP contribution in [0.1, 0.15) is 34.8 Å². The standard InChI is InChI=1S/C22H22N2O/c1-16-14-19(21(25)18-9-3-2-4-10-18)15-23-22(16)24-13-7-11-17-8-5-6-12-20(17)24/h2-6,8-10,12,14-15,21,25H,7,11,13H2,1H3/t21-/m1/s1. The monoisotopic (exact) mass is 330 g/mol. The van der Waals surface area contributed by atoms with Gasteiger partial charge in [0.05, 0.1) is 0 Å². The highest BCUT2D eigenvalue weighted by atomic mass is 16.3. The van der Waals surface area contributed by atoms with Gasteiger partial charge in [0.25, 0.3) is 0 Å². The number of fused-ring (bicyclic) bond motifs is 1. The number of pyridine rings is 1. The van der Waals surface area contributed by atoms with Gasteiger partial charge in [-0.05, 0) is 48.6 Å². The number of aliphatic hydroxyl groups is 1. The summed E-state index contributed by atoms with van der Waals surface area (Å²) in [5, 5.41) is 10.6. The summed E-state index contributed by atoms with van der Waals surface area (Å²) >= 11 is 0. The second kappa shape index (κ2) is 6.69. The van der Waals surface area contributed by atoms with Gasteiger partial charge in [-0.3, -0.25) is 0 Å². The van der Waals surface area contributed by atoms with E-state index in [2.05, 4.69) is 42.2 Å². The molecule has 3 heteroatoms. The maximum Gasteiger partial charge on any atom is 0.135 e. The Bertz CT molecular complexity index is 876. The molecule has 1 aliphatic rings. The van der Waals surface area contributed by atoms with Gasteiger partial charge in [0.1, 0.15) is 11.9 Å². The third-order valence-electron chi connectivity index (χ3n) is 4.87. The number of aryl methyl sites for hydroxylation is 2. The third-order valence-corrected chi connectivity index (χ3v) is 4.87. The summed E-state index contributed by atoms with van der Waals surface area (Å²) in [5.41, 5.74) is 5.44. The number of anilines is 2. The van der Waals surface area contributed by atoms with E-state index >= 15 is 0 Å². The highest BCUT2D eigenvalue weighted by Crippen LogP contribution is 2.34. The summed E-state index contributed by atoms with van der Waals surface area (Å²) in [6, 6.07) is 20.3. The Morgan fingerprint density at radius 3 is 2.56 bits per heavy atom. The molecule has 1 atom stereocenters. The number of aliphatic hydroxyl groups excluding tert-OH is 1. The van der Waals surface area contributed by atoms with Gasteiger partial charge in [-0.1, -0.05) is 48.5 Å². The summed E-state index contributed by atoms with van der Waals surface area (Å²) in [4.78, 5) is 7.01. The van der Waals surface area contributed by atoms with Crippen molar-refractivity contribution in [3.05, 3.63) is 89.1 Å². The maximum absolute atomic E-state index is 10.6. The predicted octanol–water partition coefficient (Wildman–Crippen LogP) is 4.56. The lowest BCUT2D eigenvalue weighted by molar-refractivity contribution is 0.220. The van der Waals surface area contributed by atoms with Crippen molar-refractivity contribution in [3.8, 4) is 0 Å². The second-order valence-corrected chi connectivity index (χ2v) is 6.61. The zero-order valence-corrected chi connectivity index (χ0v) is 14.4. The molecular weight excluding hydrogens is 308 g/mol. The molecule has 0 spiro atoms. The summed E-state index contributed by atoms with van der Waals surface area (Å²) < 4.78 is 0. The molecule has 0 saturated heterocycles. The number of benzene rings is 2. The zero-order chi connectivity index (χ0) is 17.2. The van der Waals surface area contributed by atoms with Gasteiger partial charge in [-0.2, -0.15) is 0 Å². The molecule has 0 unspecified atom stereocenters. The first-order valence-corrected chi connectivity index (χ1v) is 8.79. The van der Waals surface area contributed by atoms with E-state index in [1.807, 2.05) is 30.3 Å². The van der Waals surface area contributed by atoms with Crippen molar-refractivity contribution in [2.45, 2.75) is 25.9 Å². The SMILES string of the molecule is Cc1cc([C@H](O)c2ccccc2)cnc1N1CCCc2ccccc21. The molecule has 1 N–H and O–H groups in total. The van der Waals surface area contributed by atoms with Gasteiger partial charge in [0.2, 0.25) is 0 Å². The number of aromatic nitrogens is 1. The zero-order valence-electron chi connectivity index (χ0n) is 14.4. The molecule has 0 aliphatic carbocycles. The molecule has 0 radical (unpaired) electrons. The van der Waals surface area contributed by atoms with Crippen LogP contribution in [-0.2, 0) is 6.42 Å². The molecule has 2 heterocycles. The number of hydrogen-bond donors (Lipinski definition) is 1. The predicted molar refractivity (Wildman–Crippen MR) is 101 cm³/mol. The topological polar surface area (TPSA) is 36.4 Å². The molecule has 25 heavy (non-hydrogen) atoms. The first-order chi connectivity index (χ1) is 12.2. The van der Waals surface area contributed by atoms with E-state index < -0.39 is 6.10 Å². The minimum atomic E-state index is -0.643. The average Bonchev–Trinajstić information content (AvgIpc) is 2.68. The van der Waals surface area contributed by atoms with Gasteiger partial charge >= 0.3 is 0 Å². The number of rotatable bonds is 3. The van der Waals surface area contributed by atoms with Gasteiger partial charge in [0, 0.05) is 24.0 Å². The van der Waals surface area contributed by atoms with E-state index in [0.29, 0.717) is 0 Å². The lowest BCUT2D eigenvalue weighted by Gasteiger charge is -2.31. The van der Waals surface area contributed by atoms with E-state index in [-0.39, 0.29) is 0 Å². The van der Waals surface area contributed by atoms with Crippen molar-refractivity contribution in [1.82, 2.24) is 4.98 Å². The molecule has 0 bridgehead atoms. The molecule has 4 rings (SSSR count). The van der Waals surface area contributed by atoms with Crippen molar-refractivity contribution in [2.75, 3.05) is 11.4 Å². The second-order valence-electron chi connectivity index (χ2n) is 6.61. The average molecular weight is 330 g/mol. The van der Waals surface area contributed by atoms with Crippen molar-refractivity contribution >= 4 is 11.5 Å². The first-order valence-electron chi connectivity index (χ1n) is 8.79. The van der Waals surface area contributed by atoms with Gasteiger partial charge in [-0.15, -0.1) is 0 Å². The highest BCUT2D eigenvalue weighted by molar-refractivity contribution is 5.67. The van der Waals surface area contributed by atoms with Crippen LogP contribution in [0, 0.1) is 6.92 Å². The van der Waals surface area contributed by atoms with Crippen molar-refractivity contribution in [1.29, 1.82) is 0 Å². The quantitative estimate of drug-likeness (QED) is 0.765. The van der Waals surface area contributed by atoms with Gasteiger partial charge in [0.15, 0.2) is 0 Å². The largest absolute Gasteiger partial charge is 0.384 e. The Balaban J connectivity index is 1.68.